The molecule has 2 N–H and O–H groups in total. The maximum Gasteiger partial charge on any atom is 0.0277 e. The van der Waals surface area contributed by atoms with Gasteiger partial charge >= 0.3 is 0 Å². The lowest BCUT2D eigenvalue weighted by Gasteiger charge is -2.13. The van der Waals surface area contributed by atoms with Crippen molar-refractivity contribution in [3.8, 4) is 0 Å². The molecule has 0 aliphatic carbocycles. The zero-order chi connectivity index (χ0) is 13.1. The second-order valence-electron chi connectivity index (χ2n) is 4.34. The molecule has 1 unspecified atom stereocenters. The van der Waals surface area contributed by atoms with Crippen molar-refractivity contribution < 1.29 is 0 Å². The van der Waals surface area contributed by atoms with E-state index in [0.29, 0.717) is 0 Å². The fraction of sp³-hybridized carbons (Fsp3) is 0.200. The number of rotatable bonds is 3. The van der Waals surface area contributed by atoms with Crippen molar-refractivity contribution in [2.24, 2.45) is 5.73 Å². The Balaban J connectivity index is 2.39. The number of hydrogen-bond donors (Lipinski definition) is 1. The quantitative estimate of drug-likeness (QED) is 0.867. The molecule has 0 spiro atoms. The SMILES string of the molecule is Cc1ccccc1Sc1cc(Br)ccc1C(C)N. The van der Waals surface area contributed by atoms with Gasteiger partial charge in [-0.2, -0.15) is 0 Å². The summed E-state index contributed by atoms with van der Waals surface area (Å²) in [5.74, 6) is 0. The van der Waals surface area contributed by atoms with E-state index in [1.54, 1.807) is 11.8 Å². The van der Waals surface area contributed by atoms with E-state index in [9.17, 15) is 0 Å². The predicted octanol–water partition coefficient (Wildman–Crippen LogP) is 4.93. The van der Waals surface area contributed by atoms with Crippen molar-refractivity contribution >= 4 is 27.7 Å². The summed E-state index contributed by atoms with van der Waals surface area (Å²) in [6.07, 6.45) is 0. The summed E-state index contributed by atoms with van der Waals surface area (Å²) < 4.78 is 1.09. The molecule has 0 aliphatic heterocycles. The topological polar surface area (TPSA) is 26.0 Å². The first kappa shape index (κ1) is 13.7. The van der Waals surface area contributed by atoms with Crippen LogP contribution in [0.4, 0.5) is 0 Å². The monoisotopic (exact) mass is 321 g/mol. The van der Waals surface area contributed by atoms with Crippen LogP contribution < -0.4 is 5.73 Å². The van der Waals surface area contributed by atoms with Crippen LogP contribution >= 0.6 is 27.7 Å². The highest BCUT2D eigenvalue weighted by atomic mass is 79.9. The van der Waals surface area contributed by atoms with Gasteiger partial charge in [0.15, 0.2) is 0 Å². The lowest BCUT2D eigenvalue weighted by Crippen LogP contribution is -2.06. The summed E-state index contributed by atoms with van der Waals surface area (Å²) in [6, 6.07) is 14.7. The van der Waals surface area contributed by atoms with Crippen LogP contribution in [0.5, 0.6) is 0 Å². The first-order valence-corrected chi connectivity index (χ1v) is 7.47. The van der Waals surface area contributed by atoms with Crippen LogP contribution in [0.25, 0.3) is 0 Å². The molecule has 0 saturated heterocycles. The third kappa shape index (κ3) is 3.16. The van der Waals surface area contributed by atoms with E-state index >= 15 is 0 Å². The maximum absolute atomic E-state index is 6.03. The second-order valence-corrected chi connectivity index (χ2v) is 6.34. The van der Waals surface area contributed by atoms with Crippen LogP contribution in [0.15, 0.2) is 56.7 Å². The minimum atomic E-state index is 0.0459. The minimum absolute atomic E-state index is 0.0459. The van der Waals surface area contributed by atoms with Gasteiger partial charge in [-0.05, 0) is 43.2 Å². The standard InChI is InChI=1S/C15H16BrNS/c1-10-5-3-4-6-14(10)18-15-9-12(16)7-8-13(15)11(2)17/h3-9,11H,17H2,1-2H3. The summed E-state index contributed by atoms with van der Waals surface area (Å²) in [5.41, 5.74) is 8.50. The van der Waals surface area contributed by atoms with Gasteiger partial charge < -0.3 is 5.73 Å². The molecule has 0 fully saturated rings. The molecule has 0 bridgehead atoms. The van der Waals surface area contributed by atoms with E-state index < -0.39 is 0 Å². The molecular weight excluding hydrogens is 306 g/mol. The fourth-order valence-corrected chi connectivity index (χ4v) is 3.45. The molecule has 2 aromatic carbocycles. The molecular formula is C15H16BrNS. The Kier molecular flexibility index (Phi) is 4.49. The third-order valence-electron chi connectivity index (χ3n) is 2.78. The molecule has 2 rings (SSSR count). The Hall–Kier alpha value is -0.770. The smallest absolute Gasteiger partial charge is 0.0277 e. The number of nitrogens with two attached hydrogens (primary N) is 1. The molecule has 0 aromatic heterocycles. The first-order chi connectivity index (χ1) is 8.58. The number of halogens is 1. The van der Waals surface area contributed by atoms with Crippen molar-refractivity contribution in [1.29, 1.82) is 0 Å². The number of aryl methyl sites for hydroxylation is 1. The molecule has 18 heavy (non-hydrogen) atoms. The van der Waals surface area contributed by atoms with E-state index in [1.807, 2.05) is 13.0 Å². The van der Waals surface area contributed by atoms with Crippen molar-refractivity contribution in [2.75, 3.05) is 0 Å². The normalized spacial score (nSPS) is 12.4. The Morgan fingerprint density at radius 3 is 2.50 bits per heavy atom. The largest absolute Gasteiger partial charge is 0.324 e. The predicted molar refractivity (Wildman–Crippen MR) is 82.0 cm³/mol. The van der Waals surface area contributed by atoms with Crippen LogP contribution in [-0.2, 0) is 0 Å². The van der Waals surface area contributed by atoms with E-state index in [-0.39, 0.29) is 6.04 Å². The summed E-state index contributed by atoms with van der Waals surface area (Å²) in [6.45, 7) is 4.15. The highest BCUT2D eigenvalue weighted by Gasteiger charge is 2.10. The van der Waals surface area contributed by atoms with Gasteiger partial charge in [0.05, 0.1) is 0 Å². The van der Waals surface area contributed by atoms with Gasteiger partial charge in [-0.3, -0.25) is 0 Å². The summed E-state index contributed by atoms with van der Waals surface area (Å²) in [7, 11) is 0. The molecule has 2 aromatic rings. The van der Waals surface area contributed by atoms with E-state index in [4.69, 9.17) is 5.73 Å². The maximum atomic E-state index is 6.03. The van der Waals surface area contributed by atoms with Crippen LogP contribution in [-0.4, -0.2) is 0 Å². The van der Waals surface area contributed by atoms with Gasteiger partial charge in [-0.15, -0.1) is 0 Å². The Labute approximate surface area is 121 Å². The lowest BCUT2D eigenvalue weighted by atomic mass is 10.1. The van der Waals surface area contributed by atoms with Crippen LogP contribution in [0, 0.1) is 6.92 Å². The minimum Gasteiger partial charge on any atom is -0.324 e. The highest BCUT2D eigenvalue weighted by Crippen LogP contribution is 2.36. The Morgan fingerprint density at radius 2 is 1.83 bits per heavy atom. The Morgan fingerprint density at radius 1 is 1.11 bits per heavy atom. The zero-order valence-electron chi connectivity index (χ0n) is 10.5. The number of hydrogen-bond acceptors (Lipinski definition) is 2. The molecule has 0 saturated carbocycles. The van der Waals surface area contributed by atoms with Crippen molar-refractivity contribution in [3.05, 3.63) is 58.1 Å². The fourth-order valence-electron chi connectivity index (χ4n) is 1.76. The van der Waals surface area contributed by atoms with Crippen LogP contribution in [0.1, 0.15) is 24.1 Å². The third-order valence-corrected chi connectivity index (χ3v) is 4.52. The first-order valence-electron chi connectivity index (χ1n) is 5.86. The van der Waals surface area contributed by atoms with Crippen molar-refractivity contribution in [3.63, 3.8) is 0 Å². The number of benzene rings is 2. The molecule has 0 heterocycles. The van der Waals surface area contributed by atoms with Gasteiger partial charge in [-0.1, -0.05) is 52.0 Å². The molecule has 3 heteroatoms. The molecule has 0 aliphatic rings. The lowest BCUT2D eigenvalue weighted by molar-refractivity contribution is 0.797. The molecule has 1 nitrogen and oxygen atoms in total. The van der Waals surface area contributed by atoms with E-state index in [2.05, 4.69) is 59.3 Å². The average Bonchev–Trinajstić information content (AvgIpc) is 2.32. The van der Waals surface area contributed by atoms with Gasteiger partial charge in [0.25, 0.3) is 0 Å². The van der Waals surface area contributed by atoms with Crippen LogP contribution in [0.2, 0.25) is 0 Å². The van der Waals surface area contributed by atoms with Gasteiger partial charge in [0, 0.05) is 20.3 Å². The second kappa shape index (κ2) is 5.91. The van der Waals surface area contributed by atoms with Gasteiger partial charge in [0.1, 0.15) is 0 Å². The molecule has 94 valence electrons. The zero-order valence-corrected chi connectivity index (χ0v) is 12.9. The van der Waals surface area contributed by atoms with Gasteiger partial charge in [0.2, 0.25) is 0 Å². The summed E-state index contributed by atoms with van der Waals surface area (Å²) in [4.78, 5) is 2.49. The van der Waals surface area contributed by atoms with E-state index in [0.717, 1.165) is 4.47 Å². The van der Waals surface area contributed by atoms with Crippen LogP contribution in [0.3, 0.4) is 0 Å². The molecule has 0 amide bonds. The summed E-state index contributed by atoms with van der Waals surface area (Å²) in [5, 5.41) is 0. The van der Waals surface area contributed by atoms with Gasteiger partial charge in [-0.25, -0.2) is 0 Å². The Bertz CT molecular complexity index is 552. The highest BCUT2D eigenvalue weighted by molar-refractivity contribution is 9.10. The molecule has 0 radical (unpaired) electrons. The average molecular weight is 322 g/mol. The summed E-state index contributed by atoms with van der Waals surface area (Å²) >= 11 is 5.30. The van der Waals surface area contributed by atoms with E-state index in [1.165, 1.54) is 20.9 Å². The van der Waals surface area contributed by atoms with Crippen molar-refractivity contribution in [2.45, 2.75) is 29.7 Å². The molecule has 1 atom stereocenters. The van der Waals surface area contributed by atoms with Crippen molar-refractivity contribution in [1.82, 2.24) is 0 Å².